The Hall–Kier alpha value is -0.940. The van der Waals surface area contributed by atoms with Crippen LogP contribution in [0, 0.1) is 5.92 Å². The van der Waals surface area contributed by atoms with E-state index in [0.717, 1.165) is 30.3 Å². The maximum atomic E-state index is 12.6. The Morgan fingerprint density at radius 3 is 2.74 bits per heavy atom. The Morgan fingerprint density at radius 1 is 1.35 bits per heavy atom. The van der Waals surface area contributed by atoms with Crippen molar-refractivity contribution < 1.29 is 13.9 Å². The van der Waals surface area contributed by atoms with Crippen molar-refractivity contribution in [3.8, 4) is 0 Å². The van der Waals surface area contributed by atoms with Gasteiger partial charge in [0.2, 0.25) is 0 Å². The first-order valence-corrected chi connectivity index (χ1v) is 9.10. The number of halogens is 2. The molecule has 0 saturated carbocycles. The van der Waals surface area contributed by atoms with Gasteiger partial charge < -0.3 is 4.74 Å². The summed E-state index contributed by atoms with van der Waals surface area (Å²) in [7, 11) is 1.47. The highest BCUT2D eigenvalue weighted by Gasteiger charge is 2.50. The second-order valence-electron chi connectivity index (χ2n) is 6.52. The molecule has 0 amide bonds. The predicted octanol–water partition coefficient (Wildman–Crippen LogP) is 3.92. The highest BCUT2D eigenvalue weighted by Crippen LogP contribution is 2.47. The van der Waals surface area contributed by atoms with Crippen molar-refractivity contribution in [2.45, 2.75) is 43.7 Å². The zero-order valence-corrected chi connectivity index (χ0v) is 15.0. The molecule has 2 aliphatic rings. The third-order valence-corrected chi connectivity index (χ3v) is 5.91. The summed E-state index contributed by atoms with van der Waals surface area (Å²) in [6.07, 6.45) is 3.59. The molecule has 0 radical (unpaired) electrons. The molecule has 4 atom stereocenters. The van der Waals surface area contributed by atoms with Crippen LogP contribution in [0.5, 0.6) is 0 Å². The van der Waals surface area contributed by atoms with Gasteiger partial charge >= 0.3 is 5.97 Å². The second-order valence-corrected chi connectivity index (χ2v) is 7.44. The van der Waals surface area contributed by atoms with Crippen molar-refractivity contribution >= 4 is 21.9 Å². The topological polar surface area (TPSA) is 29.5 Å². The first kappa shape index (κ1) is 16.9. The number of piperidine rings is 1. The number of carbonyl (C=O) groups is 1. The van der Waals surface area contributed by atoms with Gasteiger partial charge in [-0.25, -0.2) is 0 Å². The van der Waals surface area contributed by atoms with Crippen molar-refractivity contribution in [2.24, 2.45) is 5.92 Å². The SMILES string of the molecule is COC(=O)C1[C@@H](c2ccc(Br)cc2)C[C@@H]2CC[C@H]1N2CCCF. The summed E-state index contributed by atoms with van der Waals surface area (Å²) < 4.78 is 18.8. The normalized spacial score (nSPS) is 30.4. The maximum Gasteiger partial charge on any atom is 0.310 e. The fourth-order valence-corrected chi connectivity index (χ4v) is 4.68. The van der Waals surface area contributed by atoms with Gasteiger partial charge in [-0.15, -0.1) is 0 Å². The number of nitrogens with zero attached hydrogens (tertiary/aromatic N) is 1. The monoisotopic (exact) mass is 383 g/mol. The van der Waals surface area contributed by atoms with Gasteiger partial charge in [0.05, 0.1) is 19.7 Å². The fourth-order valence-electron chi connectivity index (χ4n) is 4.41. The number of carbonyl (C=O) groups excluding carboxylic acids is 1. The number of hydrogen-bond acceptors (Lipinski definition) is 3. The number of esters is 1. The van der Waals surface area contributed by atoms with Crippen molar-refractivity contribution in [2.75, 3.05) is 20.3 Å². The molecule has 0 aromatic heterocycles. The van der Waals surface area contributed by atoms with Crippen LogP contribution in [-0.4, -0.2) is 43.3 Å². The smallest absolute Gasteiger partial charge is 0.310 e. The number of ether oxygens (including phenoxy) is 1. The van der Waals surface area contributed by atoms with E-state index in [1.165, 1.54) is 12.7 Å². The molecule has 2 fully saturated rings. The quantitative estimate of drug-likeness (QED) is 0.721. The average Bonchev–Trinajstić information content (AvgIpc) is 2.84. The van der Waals surface area contributed by atoms with E-state index in [0.29, 0.717) is 12.5 Å². The lowest BCUT2D eigenvalue weighted by Crippen LogP contribution is -2.51. The molecule has 126 valence electrons. The highest BCUT2D eigenvalue weighted by molar-refractivity contribution is 9.10. The fraction of sp³-hybridized carbons (Fsp3) is 0.611. The van der Waals surface area contributed by atoms with Crippen molar-refractivity contribution in [1.29, 1.82) is 0 Å². The molecule has 2 saturated heterocycles. The van der Waals surface area contributed by atoms with Gasteiger partial charge in [-0.2, -0.15) is 0 Å². The molecule has 0 spiro atoms. The minimum absolute atomic E-state index is 0.131. The lowest BCUT2D eigenvalue weighted by Gasteiger charge is -2.43. The van der Waals surface area contributed by atoms with Gasteiger partial charge in [0.25, 0.3) is 0 Å². The first-order chi connectivity index (χ1) is 11.2. The summed E-state index contributed by atoms with van der Waals surface area (Å²) in [6.45, 7) is 0.446. The molecule has 0 N–H and O–H groups in total. The van der Waals surface area contributed by atoms with Crippen LogP contribution in [0.15, 0.2) is 28.7 Å². The van der Waals surface area contributed by atoms with E-state index in [1.54, 1.807) is 0 Å². The molecule has 23 heavy (non-hydrogen) atoms. The first-order valence-electron chi connectivity index (χ1n) is 8.30. The van der Waals surface area contributed by atoms with E-state index >= 15 is 0 Å². The lowest BCUT2D eigenvalue weighted by atomic mass is 9.76. The van der Waals surface area contributed by atoms with Crippen LogP contribution in [0.25, 0.3) is 0 Å². The van der Waals surface area contributed by atoms with E-state index in [-0.39, 0.29) is 30.5 Å². The zero-order chi connectivity index (χ0) is 16.4. The van der Waals surface area contributed by atoms with Gasteiger partial charge in [0.1, 0.15) is 0 Å². The van der Waals surface area contributed by atoms with Gasteiger partial charge in [-0.05, 0) is 43.4 Å². The number of benzene rings is 1. The second kappa shape index (κ2) is 7.31. The van der Waals surface area contributed by atoms with Crippen molar-refractivity contribution in [1.82, 2.24) is 4.90 Å². The maximum absolute atomic E-state index is 12.6. The van der Waals surface area contributed by atoms with Gasteiger partial charge in [0.15, 0.2) is 0 Å². The van der Waals surface area contributed by atoms with Crippen molar-refractivity contribution in [3.05, 3.63) is 34.3 Å². The molecule has 3 rings (SSSR count). The van der Waals surface area contributed by atoms with Crippen LogP contribution in [-0.2, 0) is 9.53 Å². The average molecular weight is 384 g/mol. The number of hydrogen-bond donors (Lipinski definition) is 0. The van der Waals surface area contributed by atoms with Crippen LogP contribution in [0.1, 0.15) is 37.2 Å². The van der Waals surface area contributed by atoms with E-state index < -0.39 is 0 Å². The minimum Gasteiger partial charge on any atom is -0.469 e. The molecule has 1 aromatic rings. The Labute approximate surface area is 145 Å². The summed E-state index contributed by atoms with van der Waals surface area (Å²) in [4.78, 5) is 14.9. The van der Waals surface area contributed by atoms with Gasteiger partial charge in [-0.1, -0.05) is 28.1 Å². The molecule has 1 aromatic carbocycles. The number of methoxy groups -OCH3 is 1. The van der Waals surface area contributed by atoms with Gasteiger partial charge in [0, 0.05) is 29.0 Å². The van der Waals surface area contributed by atoms with E-state index in [1.807, 2.05) is 12.1 Å². The van der Waals surface area contributed by atoms with Crippen molar-refractivity contribution in [3.63, 3.8) is 0 Å². The van der Waals surface area contributed by atoms with E-state index in [2.05, 4.69) is 33.0 Å². The summed E-state index contributed by atoms with van der Waals surface area (Å²) >= 11 is 3.47. The largest absolute Gasteiger partial charge is 0.469 e. The summed E-state index contributed by atoms with van der Waals surface area (Å²) in [6, 6.07) is 8.90. The Kier molecular flexibility index (Phi) is 5.37. The van der Waals surface area contributed by atoms with Crippen LogP contribution in [0.4, 0.5) is 4.39 Å². The number of rotatable bonds is 5. The molecule has 2 aliphatic heterocycles. The van der Waals surface area contributed by atoms with E-state index in [9.17, 15) is 9.18 Å². The molecule has 5 heteroatoms. The van der Waals surface area contributed by atoms with Gasteiger partial charge in [-0.3, -0.25) is 14.1 Å². The molecule has 3 nitrogen and oxygen atoms in total. The standard InChI is InChI=1S/C18H23BrFNO2/c1-23-18(22)17-15(12-3-5-13(19)6-4-12)11-14-7-8-16(17)21(14)10-2-9-20/h3-6,14-17H,2,7-11H2,1H3/t14-,15+,16+,17?/m0/s1. The highest BCUT2D eigenvalue weighted by atomic mass is 79.9. The van der Waals surface area contributed by atoms with Crippen LogP contribution >= 0.6 is 15.9 Å². The summed E-state index contributed by atoms with van der Waals surface area (Å²) in [5.41, 5.74) is 1.20. The zero-order valence-electron chi connectivity index (χ0n) is 13.4. The number of fused-ring (bicyclic) bond motifs is 2. The molecule has 2 bridgehead atoms. The molecule has 0 aliphatic carbocycles. The third kappa shape index (κ3) is 3.31. The van der Waals surface area contributed by atoms with Crippen LogP contribution in [0.3, 0.4) is 0 Å². The Morgan fingerprint density at radius 2 is 2.09 bits per heavy atom. The molecule has 2 heterocycles. The van der Waals surface area contributed by atoms with Crippen LogP contribution < -0.4 is 0 Å². The molecular weight excluding hydrogens is 361 g/mol. The Bertz CT molecular complexity index is 550. The van der Waals surface area contributed by atoms with Crippen LogP contribution in [0.2, 0.25) is 0 Å². The molecular formula is C18H23BrFNO2. The lowest BCUT2D eigenvalue weighted by molar-refractivity contribution is -0.150. The van der Waals surface area contributed by atoms with E-state index in [4.69, 9.17) is 4.74 Å². The molecule has 1 unspecified atom stereocenters. The number of alkyl halides is 1. The third-order valence-electron chi connectivity index (χ3n) is 5.39. The summed E-state index contributed by atoms with van der Waals surface area (Å²) in [5.74, 6) is -0.0947. The minimum atomic E-state index is -0.297. The Balaban J connectivity index is 1.88. The predicted molar refractivity (Wildman–Crippen MR) is 91.1 cm³/mol. The summed E-state index contributed by atoms with van der Waals surface area (Å²) in [5, 5.41) is 0.